The number of sulfonamides is 1. The van der Waals surface area contributed by atoms with Crippen LogP contribution in [0, 0.1) is 16.7 Å². The van der Waals surface area contributed by atoms with Gasteiger partial charge in [-0.1, -0.05) is 19.9 Å². The average Bonchev–Trinajstić information content (AvgIpc) is 2.75. The summed E-state index contributed by atoms with van der Waals surface area (Å²) in [5.41, 5.74) is -0.191. The van der Waals surface area contributed by atoms with Crippen LogP contribution in [0.5, 0.6) is 0 Å². The van der Waals surface area contributed by atoms with Crippen LogP contribution in [0.1, 0.15) is 40.0 Å². The zero-order valence-electron chi connectivity index (χ0n) is 11.7. The summed E-state index contributed by atoms with van der Waals surface area (Å²) < 4.78 is 26.1. The molecule has 3 rings (SSSR count). The topological polar surface area (TPSA) is 54.5 Å². The van der Waals surface area contributed by atoms with E-state index in [-0.39, 0.29) is 28.5 Å². The van der Waals surface area contributed by atoms with Crippen molar-refractivity contribution >= 4 is 15.9 Å². The average molecular weight is 283 g/mol. The molecule has 1 heterocycles. The highest BCUT2D eigenvalue weighted by Gasteiger charge is 2.72. The molecule has 1 aliphatic heterocycles. The van der Waals surface area contributed by atoms with Crippen LogP contribution in [0.25, 0.3) is 0 Å². The van der Waals surface area contributed by atoms with Crippen LogP contribution >= 0.6 is 0 Å². The van der Waals surface area contributed by atoms with Crippen molar-refractivity contribution in [3.63, 3.8) is 0 Å². The van der Waals surface area contributed by atoms with E-state index in [4.69, 9.17) is 0 Å². The van der Waals surface area contributed by atoms with Gasteiger partial charge in [0, 0.05) is 5.41 Å². The first-order valence-electron chi connectivity index (χ1n) is 6.95. The van der Waals surface area contributed by atoms with E-state index >= 15 is 0 Å². The molecule has 0 aromatic carbocycles. The van der Waals surface area contributed by atoms with Crippen LogP contribution in [-0.2, 0) is 14.8 Å². The minimum atomic E-state index is -3.45. The van der Waals surface area contributed by atoms with Crippen molar-refractivity contribution in [1.82, 2.24) is 4.31 Å². The van der Waals surface area contributed by atoms with Gasteiger partial charge in [-0.3, -0.25) is 4.79 Å². The molecule has 0 aromatic heterocycles. The number of carbonyl (C=O) groups excluding carboxylic acids is 1. The number of fused-ring (bicyclic) bond motifs is 1. The number of amides is 1. The van der Waals surface area contributed by atoms with E-state index in [0.717, 1.165) is 19.3 Å². The molecular weight excluding hydrogens is 262 g/mol. The van der Waals surface area contributed by atoms with Gasteiger partial charge in [-0.2, -0.15) is 0 Å². The molecule has 0 N–H and O–H groups in total. The van der Waals surface area contributed by atoms with Crippen LogP contribution in [0.15, 0.2) is 12.2 Å². The maximum absolute atomic E-state index is 12.4. The Bertz CT molecular complexity index is 563. The highest BCUT2D eigenvalue weighted by molar-refractivity contribution is 7.90. The molecule has 5 heteroatoms. The summed E-state index contributed by atoms with van der Waals surface area (Å²) in [6, 6.07) is -0.116. The molecule has 2 unspecified atom stereocenters. The molecule has 1 saturated heterocycles. The van der Waals surface area contributed by atoms with Crippen LogP contribution in [-0.4, -0.2) is 30.4 Å². The minimum absolute atomic E-state index is 0.0235. The molecule has 1 amide bonds. The van der Waals surface area contributed by atoms with Gasteiger partial charge in [0.2, 0.25) is 10.0 Å². The van der Waals surface area contributed by atoms with Gasteiger partial charge in [0.05, 0.1) is 11.8 Å². The Morgan fingerprint density at radius 3 is 2.63 bits per heavy atom. The largest absolute Gasteiger partial charge is 0.269 e. The van der Waals surface area contributed by atoms with Crippen LogP contribution in [0.2, 0.25) is 0 Å². The second-order valence-corrected chi connectivity index (χ2v) is 8.60. The fraction of sp³-hybridized carbons (Fsp3) is 0.786. The lowest BCUT2D eigenvalue weighted by Crippen LogP contribution is -2.43. The lowest BCUT2D eigenvalue weighted by Gasteiger charge is -2.36. The van der Waals surface area contributed by atoms with E-state index in [0.29, 0.717) is 5.92 Å². The summed E-state index contributed by atoms with van der Waals surface area (Å²) in [5.74, 6) is 0.332. The quantitative estimate of drug-likeness (QED) is 0.691. The Kier molecular flexibility index (Phi) is 2.51. The van der Waals surface area contributed by atoms with Crippen molar-refractivity contribution in [3.05, 3.63) is 12.2 Å². The van der Waals surface area contributed by atoms with Crippen molar-refractivity contribution < 1.29 is 13.2 Å². The van der Waals surface area contributed by atoms with E-state index in [9.17, 15) is 13.2 Å². The van der Waals surface area contributed by atoms with Gasteiger partial charge < -0.3 is 0 Å². The fourth-order valence-corrected chi connectivity index (χ4v) is 7.30. The Labute approximate surface area is 114 Å². The van der Waals surface area contributed by atoms with Crippen molar-refractivity contribution in [2.24, 2.45) is 16.7 Å². The van der Waals surface area contributed by atoms with Gasteiger partial charge in [-0.05, 0) is 43.6 Å². The second kappa shape index (κ2) is 3.62. The van der Waals surface area contributed by atoms with Crippen LogP contribution in [0.4, 0.5) is 0 Å². The molecule has 19 heavy (non-hydrogen) atoms. The van der Waals surface area contributed by atoms with Crippen molar-refractivity contribution in [2.45, 2.75) is 46.1 Å². The third kappa shape index (κ3) is 1.40. The number of allylic oxidation sites excluding steroid dienone is 1. The van der Waals surface area contributed by atoms with E-state index in [1.165, 1.54) is 10.4 Å². The van der Waals surface area contributed by atoms with E-state index in [1.54, 1.807) is 13.0 Å². The van der Waals surface area contributed by atoms with Crippen LogP contribution in [0.3, 0.4) is 0 Å². The van der Waals surface area contributed by atoms with Gasteiger partial charge in [0.15, 0.2) is 0 Å². The predicted molar refractivity (Wildman–Crippen MR) is 72.8 cm³/mol. The smallest absolute Gasteiger partial charge is 0.259 e. The highest BCUT2D eigenvalue weighted by atomic mass is 32.2. The van der Waals surface area contributed by atoms with Gasteiger partial charge >= 0.3 is 0 Å². The number of hydrogen-bond acceptors (Lipinski definition) is 3. The Morgan fingerprint density at radius 1 is 1.37 bits per heavy atom. The highest BCUT2D eigenvalue weighted by Crippen LogP contribution is 2.69. The molecule has 2 bridgehead atoms. The van der Waals surface area contributed by atoms with Gasteiger partial charge in [-0.15, -0.1) is 0 Å². The van der Waals surface area contributed by atoms with E-state index in [2.05, 4.69) is 13.8 Å². The van der Waals surface area contributed by atoms with E-state index < -0.39 is 10.0 Å². The molecule has 0 radical (unpaired) electrons. The van der Waals surface area contributed by atoms with Gasteiger partial charge in [0.25, 0.3) is 5.91 Å². The number of nitrogens with zero attached hydrogens (tertiary/aromatic N) is 1. The summed E-state index contributed by atoms with van der Waals surface area (Å²) >= 11 is 0. The molecule has 2 saturated carbocycles. The summed E-state index contributed by atoms with van der Waals surface area (Å²) in [6.07, 6.45) is 5.87. The molecular formula is C14H21NO3S. The SMILES string of the molecule is C/C=C/C(=O)N1[C@@H]2CC3CCC2(CS1(=O)=O)C3(C)C. The maximum atomic E-state index is 12.4. The number of carbonyl (C=O) groups is 1. The lowest BCUT2D eigenvalue weighted by atomic mass is 9.69. The Morgan fingerprint density at radius 2 is 2.05 bits per heavy atom. The Balaban J connectivity index is 2.09. The summed E-state index contributed by atoms with van der Waals surface area (Å²) in [4.78, 5) is 12.1. The minimum Gasteiger partial charge on any atom is -0.269 e. The molecule has 0 aromatic rings. The van der Waals surface area contributed by atoms with Gasteiger partial charge in [-0.25, -0.2) is 12.7 Å². The molecule has 3 aliphatic rings. The van der Waals surface area contributed by atoms with Gasteiger partial charge in [0.1, 0.15) is 0 Å². The molecule has 1 spiro atoms. The number of hydrogen-bond donors (Lipinski definition) is 0. The zero-order chi connectivity index (χ0) is 14.1. The third-order valence-corrected chi connectivity index (χ3v) is 7.85. The van der Waals surface area contributed by atoms with Crippen LogP contribution < -0.4 is 0 Å². The summed E-state index contributed by atoms with van der Waals surface area (Å²) in [5, 5.41) is 0. The maximum Gasteiger partial charge on any atom is 0.259 e. The molecule has 3 fully saturated rings. The molecule has 106 valence electrons. The zero-order valence-corrected chi connectivity index (χ0v) is 12.5. The lowest BCUT2D eigenvalue weighted by molar-refractivity contribution is -0.124. The van der Waals surface area contributed by atoms with Crippen molar-refractivity contribution in [3.8, 4) is 0 Å². The summed E-state index contributed by atoms with van der Waals surface area (Å²) in [7, 11) is -3.45. The van der Waals surface area contributed by atoms with Crippen molar-refractivity contribution in [1.29, 1.82) is 0 Å². The van der Waals surface area contributed by atoms with E-state index in [1.807, 2.05) is 0 Å². The summed E-state index contributed by atoms with van der Waals surface area (Å²) in [6.45, 7) is 6.11. The normalized spacial score (nSPS) is 41.9. The first-order valence-corrected chi connectivity index (χ1v) is 8.56. The second-order valence-electron chi connectivity index (χ2n) is 6.76. The third-order valence-electron chi connectivity index (χ3n) is 5.94. The fourth-order valence-electron chi connectivity index (χ4n) is 4.80. The first-order chi connectivity index (χ1) is 8.76. The van der Waals surface area contributed by atoms with Crippen molar-refractivity contribution in [2.75, 3.05) is 5.75 Å². The standard InChI is InChI=1S/C14H21NO3S/c1-4-5-12(16)15-11-8-10-6-7-14(11,13(10,2)3)9-19(15,17)18/h4-5,10-11H,6-9H2,1-3H3/b5-4+/t10?,11-,14?/m1/s1. The molecule has 3 atom stereocenters. The Hall–Kier alpha value is -0.840. The number of rotatable bonds is 1. The molecule has 4 nitrogen and oxygen atoms in total. The monoisotopic (exact) mass is 283 g/mol. The first kappa shape index (κ1) is 13.2. The predicted octanol–water partition coefficient (Wildman–Crippen LogP) is 1.93. The molecule has 2 aliphatic carbocycles.